The predicted octanol–water partition coefficient (Wildman–Crippen LogP) is 2.05. The van der Waals surface area contributed by atoms with Crippen molar-refractivity contribution in [2.75, 3.05) is 0 Å². The summed E-state index contributed by atoms with van der Waals surface area (Å²) in [6.07, 6.45) is 12.5. The van der Waals surface area contributed by atoms with E-state index in [2.05, 4.69) is 16.0 Å². The van der Waals surface area contributed by atoms with E-state index in [4.69, 9.17) is 4.74 Å². The van der Waals surface area contributed by atoms with Crippen molar-refractivity contribution in [3.63, 3.8) is 0 Å². The molecular formula is C11H12N2O. The molecule has 1 aromatic heterocycles. The first-order valence-corrected chi connectivity index (χ1v) is 4.63. The van der Waals surface area contributed by atoms with Crippen LogP contribution in [0, 0.1) is 6.92 Å². The topological polar surface area (TPSA) is 35.0 Å². The summed E-state index contributed by atoms with van der Waals surface area (Å²) in [6.45, 7) is 1.85. The average Bonchev–Trinajstić information content (AvgIpc) is 2.23. The number of allylic oxidation sites excluding steroid dienone is 2. The van der Waals surface area contributed by atoms with Crippen LogP contribution in [0.1, 0.15) is 12.2 Å². The molecule has 0 N–H and O–H groups in total. The van der Waals surface area contributed by atoms with Crippen molar-refractivity contribution in [1.29, 1.82) is 0 Å². The molecular weight excluding hydrogens is 176 g/mol. The van der Waals surface area contributed by atoms with E-state index in [0.717, 1.165) is 18.0 Å². The van der Waals surface area contributed by atoms with Crippen LogP contribution in [0.3, 0.4) is 0 Å². The number of nitrogens with zero attached hydrogens (tertiary/aromatic N) is 2. The summed E-state index contributed by atoms with van der Waals surface area (Å²) in [5, 5.41) is 0. The minimum atomic E-state index is 0.117. The van der Waals surface area contributed by atoms with Gasteiger partial charge < -0.3 is 4.74 Å². The summed E-state index contributed by atoms with van der Waals surface area (Å²) in [5.74, 6) is 1.48. The van der Waals surface area contributed by atoms with Crippen LogP contribution in [-0.4, -0.2) is 16.1 Å². The second-order valence-electron chi connectivity index (χ2n) is 3.17. The molecule has 0 amide bonds. The summed E-state index contributed by atoms with van der Waals surface area (Å²) in [6, 6.07) is 0. The Balaban J connectivity index is 2.00. The second kappa shape index (κ2) is 4.05. The molecule has 14 heavy (non-hydrogen) atoms. The first-order chi connectivity index (χ1) is 6.84. The van der Waals surface area contributed by atoms with Gasteiger partial charge in [-0.25, -0.2) is 9.97 Å². The van der Waals surface area contributed by atoms with Crippen molar-refractivity contribution < 1.29 is 4.74 Å². The van der Waals surface area contributed by atoms with Crippen molar-refractivity contribution in [2.24, 2.45) is 0 Å². The Morgan fingerprint density at radius 3 is 2.71 bits per heavy atom. The van der Waals surface area contributed by atoms with E-state index in [-0.39, 0.29) is 6.10 Å². The maximum Gasteiger partial charge on any atom is 0.156 e. The molecule has 0 saturated heterocycles. The van der Waals surface area contributed by atoms with Gasteiger partial charge in [0.2, 0.25) is 0 Å². The normalized spacial score (nSPS) is 19.6. The first-order valence-electron chi connectivity index (χ1n) is 4.63. The van der Waals surface area contributed by atoms with Crippen LogP contribution in [-0.2, 0) is 0 Å². The maximum atomic E-state index is 5.65. The number of aromatic nitrogens is 2. The molecule has 0 saturated carbocycles. The Bertz CT molecular complexity index is 354. The van der Waals surface area contributed by atoms with Crippen LogP contribution in [0.5, 0.6) is 5.75 Å². The minimum Gasteiger partial charge on any atom is -0.483 e. The van der Waals surface area contributed by atoms with Crippen molar-refractivity contribution in [2.45, 2.75) is 19.4 Å². The fourth-order valence-electron chi connectivity index (χ4n) is 1.26. The van der Waals surface area contributed by atoms with E-state index in [1.807, 2.05) is 25.2 Å². The van der Waals surface area contributed by atoms with Gasteiger partial charge >= 0.3 is 0 Å². The molecule has 1 atom stereocenters. The van der Waals surface area contributed by atoms with E-state index >= 15 is 0 Å². The van der Waals surface area contributed by atoms with Crippen LogP contribution in [0.15, 0.2) is 36.7 Å². The lowest BCUT2D eigenvalue weighted by Gasteiger charge is -2.14. The van der Waals surface area contributed by atoms with Gasteiger partial charge in [-0.1, -0.05) is 18.2 Å². The zero-order chi connectivity index (χ0) is 9.80. The third kappa shape index (κ3) is 2.19. The Kier molecular flexibility index (Phi) is 2.58. The third-order valence-electron chi connectivity index (χ3n) is 1.99. The van der Waals surface area contributed by atoms with E-state index < -0.39 is 0 Å². The molecule has 0 bridgehead atoms. The van der Waals surface area contributed by atoms with Crippen LogP contribution >= 0.6 is 0 Å². The fraction of sp³-hybridized carbons (Fsp3) is 0.273. The third-order valence-corrected chi connectivity index (χ3v) is 1.99. The zero-order valence-electron chi connectivity index (χ0n) is 8.05. The van der Waals surface area contributed by atoms with Gasteiger partial charge in [-0.2, -0.15) is 0 Å². The maximum absolute atomic E-state index is 5.65. The highest BCUT2D eigenvalue weighted by Crippen LogP contribution is 2.13. The molecule has 0 aliphatic heterocycles. The largest absolute Gasteiger partial charge is 0.483 e. The lowest BCUT2D eigenvalue weighted by molar-refractivity contribution is 0.249. The molecule has 1 aromatic rings. The van der Waals surface area contributed by atoms with Gasteiger partial charge in [0, 0.05) is 6.42 Å². The number of hydrogen-bond acceptors (Lipinski definition) is 3. The number of hydrogen-bond donors (Lipinski definition) is 0. The summed E-state index contributed by atoms with van der Waals surface area (Å²) < 4.78 is 5.65. The molecule has 1 unspecified atom stereocenters. The van der Waals surface area contributed by atoms with Crippen LogP contribution in [0.4, 0.5) is 0 Å². The predicted molar refractivity (Wildman–Crippen MR) is 54.1 cm³/mol. The van der Waals surface area contributed by atoms with E-state index in [0.29, 0.717) is 0 Å². The number of ether oxygens (including phenoxy) is 1. The van der Waals surface area contributed by atoms with Gasteiger partial charge in [-0.3, -0.25) is 0 Å². The molecule has 0 fully saturated rings. The van der Waals surface area contributed by atoms with Gasteiger partial charge in [-0.15, -0.1) is 0 Å². The van der Waals surface area contributed by atoms with Gasteiger partial charge in [0.05, 0.1) is 12.4 Å². The molecule has 1 heterocycles. The monoisotopic (exact) mass is 188 g/mol. The lowest BCUT2D eigenvalue weighted by atomic mass is 10.1. The van der Waals surface area contributed by atoms with Gasteiger partial charge in [0.1, 0.15) is 11.9 Å². The Morgan fingerprint density at radius 2 is 2.07 bits per heavy atom. The molecule has 3 nitrogen and oxygen atoms in total. The first kappa shape index (κ1) is 8.94. The van der Waals surface area contributed by atoms with Gasteiger partial charge in [0.15, 0.2) is 5.75 Å². The Morgan fingerprint density at radius 1 is 1.29 bits per heavy atom. The average molecular weight is 188 g/mol. The zero-order valence-corrected chi connectivity index (χ0v) is 8.05. The number of rotatable bonds is 2. The molecule has 0 radical (unpaired) electrons. The minimum absolute atomic E-state index is 0.117. The number of aryl methyl sites for hydroxylation is 1. The summed E-state index contributed by atoms with van der Waals surface area (Å²) in [4.78, 5) is 8.13. The van der Waals surface area contributed by atoms with Crippen molar-refractivity contribution in [3.8, 4) is 5.75 Å². The van der Waals surface area contributed by atoms with Crippen molar-refractivity contribution >= 4 is 0 Å². The molecule has 1 aliphatic rings. The fourth-order valence-corrected chi connectivity index (χ4v) is 1.26. The molecule has 72 valence electrons. The van der Waals surface area contributed by atoms with Crippen LogP contribution in [0.25, 0.3) is 0 Å². The summed E-state index contributed by atoms with van der Waals surface area (Å²) in [7, 11) is 0. The molecule has 0 aromatic carbocycles. The van der Waals surface area contributed by atoms with E-state index in [9.17, 15) is 0 Å². The molecule has 0 spiro atoms. The molecule has 3 heteroatoms. The van der Waals surface area contributed by atoms with Gasteiger partial charge in [0.25, 0.3) is 0 Å². The quantitative estimate of drug-likeness (QED) is 0.712. The molecule has 2 rings (SSSR count). The highest BCUT2D eigenvalue weighted by molar-refractivity contribution is 5.17. The smallest absolute Gasteiger partial charge is 0.156 e. The molecule has 1 aliphatic carbocycles. The standard InChI is InChI=1S/C11H12N2O/c1-9-12-7-11(8-13-9)14-10-5-3-2-4-6-10/h2-5,7-8,10H,6H2,1H3. The SMILES string of the molecule is Cc1ncc(OC2C=CC=CC2)cn1. The van der Waals surface area contributed by atoms with Crippen LogP contribution < -0.4 is 4.74 Å². The van der Waals surface area contributed by atoms with E-state index in [1.165, 1.54) is 0 Å². The Hall–Kier alpha value is -1.64. The van der Waals surface area contributed by atoms with Gasteiger partial charge in [-0.05, 0) is 13.0 Å². The lowest BCUT2D eigenvalue weighted by Crippen LogP contribution is -2.14. The van der Waals surface area contributed by atoms with E-state index in [1.54, 1.807) is 12.4 Å². The highest BCUT2D eigenvalue weighted by Gasteiger charge is 2.06. The summed E-state index contributed by atoms with van der Waals surface area (Å²) >= 11 is 0. The second-order valence-corrected chi connectivity index (χ2v) is 3.17. The highest BCUT2D eigenvalue weighted by atomic mass is 16.5. The Labute approximate surface area is 83.2 Å². The van der Waals surface area contributed by atoms with Crippen molar-refractivity contribution in [1.82, 2.24) is 9.97 Å². The van der Waals surface area contributed by atoms with Crippen LogP contribution in [0.2, 0.25) is 0 Å². The van der Waals surface area contributed by atoms with Crippen molar-refractivity contribution in [3.05, 3.63) is 42.5 Å². The summed E-state index contributed by atoms with van der Waals surface area (Å²) in [5.41, 5.74) is 0.